The lowest BCUT2D eigenvalue weighted by Crippen LogP contribution is -2.29. The molecule has 2 aromatic rings. The van der Waals surface area contributed by atoms with E-state index in [2.05, 4.69) is 9.72 Å². The van der Waals surface area contributed by atoms with E-state index in [9.17, 15) is 4.79 Å². The molecular formula is C12H12BNO4. The minimum atomic E-state index is -1.55. The van der Waals surface area contributed by atoms with Crippen molar-refractivity contribution < 1.29 is 19.6 Å². The van der Waals surface area contributed by atoms with Gasteiger partial charge in [-0.3, -0.25) is 9.78 Å². The zero-order chi connectivity index (χ0) is 13.1. The number of aromatic nitrogens is 1. The van der Waals surface area contributed by atoms with Crippen LogP contribution in [0.2, 0.25) is 0 Å². The number of nitrogens with zero attached hydrogens (tertiary/aromatic N) is 1. The van der Waals surface area contributed by atoms with Crippen molar-refractivity contribution in [1.82, 2.24) is 4.98 Å². The molecule has 0 fully saturated rings. The monoisotopic (exact) mass is 245 g/mol. The summed E-state index contributed by atoms with van der Waals surface area (Å²) in [4.78, 5) is 15.3. The molecule has 0 saturated carbocycles. The fourth-order valence-corrected chi connectivity index (χ4v) is 1.69. The second-order valence-corrected chi connectivity index (χ2v) is 3.92. The van der Waals surface area contributed by atoms with Crippen LogP contribution in [0.3, 0.4) is 0 Å². The van der Waals surface area contributed by atoms with Crippen molar-refractivity contribution in [2.45, 2.75) is 6.42 Å². The first-order chi connectivity index (χ1) is 8.60. The molecule has 1 aromatic carbocycles. The van der Waals surface area contributed by atoms with Crippen molar-refractivity contribution >= 4 is 29.5 Å². The normalized spacial score (nSPS) is 10.4. The van der Waals surface area contributed by atoms with E-state index in [1.165, 1.54) is 13.3 Å². The van der Waals surface area contributed by atoms with Crippen LogP contribution in [0.25, 0.3) is 10.9 Å². The molecule has 0 saturated heterocycles. The van der Waals surface area contributed by atoms with Crippen LogP contribution in [-0.2, 0) is 16.0 Å². The molecule has 0 spiro atoms. The minimum absolute atomic E-state index is 0.179. The predicted molar refractivity (Wildman–Crippen MR) is 67.3 cm³/mol. The lowest BCUT2D eigenvalue weighted by Gasteiger charge is -2.04. The zero-order valence-electron chi connectivity index (χ0n) is 9.83. The predicted octanol–water partition coefficient (Wildman–Crippen LogP) is -0.370. The first kappa shape index (κ1) is 12.5. The number of benzene rings is 1. The molecule has 1 aromatic heterocycles. The van der Waals surface area contributed by atoms with Gasteiger partial charge >= 0.3 is 13.1 Å². The summed E-state index contributed by atoms with van der Waals surface area (Å²) >= 11 is 0. The third-order valence-electron chi connectivity index (χ3n) is 2.64. The van der Waals surface area contributed by atoms with Crippen LogP contribution in [0.4, 0.5) is 0 Å². The number of rotatable bonds is 3. The molecule has 18 heavy (non-hydrogen) atoms. The zero-order valence-corrected chi connectivity index (χ0v) is 9.83. The van der Waals surface area contributed by atoms with Gasteiger partial charge in [-0.25, -0.2) is 0 Å². The Morgan fingerprint density at radius 1 is 1.39 bits per heavy atom. The molecule has 2 N–H and O–H groups in total. The van der Waals surface area contributed by atoms with E-state index >= 15 is 0 Å². The summed E-state index contributed by atoms with van der Waals surface area (Å²) in [6.45, 7) is 0. The van der Waals surface area contributed by atoms with Gasteiger partial charge in [0.25, 0.3) is 0 Å². The highest BCUT2D eigenvalue weighted by molar-refractivity contribution is 6.58. The standard InChI is InChI=1S/C12H12BNO4/c1-18-12(15)5-8-2-3-11-9(4-8)6-10(7-14-11)13(16)17/h2-4,6-7,16-17H,5H2,1H3. The quantitative estimate of drug-likeness (QED) is 0.569. The fourth-order valence-electron chi connectivity index (χ4n) is 1.69. The van der Waals surface area contributed by atoms with Crippen LogP contribution in [0.5, 0.6) is 0 Å². The highest BCUT2D eigenvalue weighted by Crippen LogP contribution is 2.13. The van der Waals surface area contributed by atoms with Crippen LogP contribution in [0, 0.1) is 0 Å². The van der Waals surface area contributed by atoms with E-state index in [0.29, 0.717) is 5.46 Å². The summed E-state index contributed by atoms with van der Waals surface area (Å²) in [5.74, 6) is -0.319. The molecule has 6 heteroatoms. The van der Waals surface area contributed by atoms with E-state index in [4.69, 9.17) is 10.0 Å². The van der Waals surface area contributed by atoms with E-state index < -0.39 is 7.12 Å². The van der Waals surface area contributed by atoms with Crippen molar-refractivity contribution in [1.29, 1.82) is 0 Å². The SMILES string of the molecule is COC(=O)Cc1ccc2ncc(B(O)O)cc2c1. The molecule has 0 aliphatic heterocycles. The van der Waals surface area contributed by atoms with Crippen LogP contribution in [0.1, 0.15) is 5.56 Å². The van der Waals surface area contributed by atoms with Crippen LogP contribution in [0.15, 0.2) is 30.5 Å². The van der Waals surface area contributed by atoms with Crippen molar-refractivity contribution in [3.8, 4) is 0 Å². The molecule has 0 unspecified atom stereocenters. The first-order valence-electron chi connectivity index (χ1n) is 5.41. The number of esters is 1. The molecule has 0 atom stereocenters. The summed E-state index contributed by atoms with van der Waals surface area (Å²) in [6.07, 6.45) is 1.59. The van der Waals surface area contributed by atoms with Gasteiger partial charge in [-0.15, -0.1) is 0 Å². The number of methoxy groups -OCH3 is 1. The largest absolute Gasteiger partial charge is 0.490 e. The molecule has 1 heterocycles. The van der Waals surface area contributed by atoms with Crippen molar-refractivity contribution in [3.63, 3.8) is 0 Å². The third kappa shape index (κ3) is 2.66. The third-order valence-corrected chi connectivity index (χ3v) is 2.64. The number of hydrogen-bond acceptors (Lipinski definition) is 5. The smallest absolute Gasteiger partial charge is 0.469 e. The maximum atomic E-state index is 11.2. The maximum Gasteiger partial charge on any atom is 0.490 e. The summed E-state index contributed by atoms with van der Waals surface area (Å²) < 4.78 is 4.59. The Labute approximate surface area is 104 Å². The van der Waals surface area contributed by atoms with Gasteiger partial charge in [0.2, 0.25) is 0 Å². The highest BCUT2D eigenvalue weighted by atomic mass is 16.5. The molecule has 0 aliphatic carbocycles. The summed E-state index contributed by atoms with van der Waals surface area (Å²) in [6, 6.07) is 6.99. The van der Waals surface area contributed by atoms with Crippen molar-refractivity contribution in [3.05, 3.63) is 36.0 Å². The molecule has 0 bridgehead atoms. The molecule has 0 radical (unpaired) electrons. The number of carbonyl (C=O) groups is 1. The Kier molecular flexibility index (Phi) is 3.59. The van der Waals surface area contributed by atoms with Gasteiger partial charge in [0.1, 0.15) is 0 Å². The second kappa shape index (κ2) is 5.16. The van der Waals surface area contributed by atoms with Gasteiger partial charge in [0.15, 0.2) is 0 Å². The Balaban J connectivity index is 2.39. The van der Waals surface area contributed by atoms with E-state index in [0.717, 1.165) is 16.5 Å². The fraction of sp³-hybridized carbons (Fsp3) is 0.167. The number of fused-ring (bicyclic) bond motifs is 1. The summed E-state index contributed by atoms with van der Waals surface area (Å²) in [5, 5.41) is 18.9. The van der Waals surface area contributed by atoms with E-state index in [1.54, 1.807) is 24.3 Å². The Morgan fingerprint density at radius 2 is 2.17 bits per heavy atom. The van der Waals surface area contributed by atoms with Crippen molar-refractivity contribution in [2.24, 2.45) is 0 Å². The van der Waals surface area contributed by atoms with Crippen LogP contribution in [-0.4, -0.2) is 35.2 Å². The van der Waals surface area contributed by atoms with Gasteiger partial charge in [-0.1, -0.05) is 12.1 Å². The number of hydrogen-bond donors (Lipinski definition) is 2. The second-order valence-electron chi connectivity index (χ2n) is 3.92. The molecule has 2 rings (SSSR count). The van der Waals surface area contributed by atoms with Gasteiger partial charge in [-0.05, 0) is 17.7 Å². The minimum Gasteiger partial charge on any atom is -0.469 e. The van der Waals surface area contributed by atoms with Gasteiger partial charge in [0.05, 0.1) is 19.0 Å². The molecule has 92 valence electrons. The number of pyridine rings is 1. The van der Waals surface area contributed by atoms with Crippen molar-refractivity contribution in [2.75, 3.05) is 7.11 Å². The molecular weight excluding hydrogens is 233 g/mol. The van der Waals surface area contributed by atoms with Gasteiger partial charge in [0, 0.05) is 17.0 Å². The maximum absolute atomic E-state index is 11.2. The van der Waals surface area contributed by atoms with Crippen LogP contribution >= 0.6 is 0 Å². The highest BCUT2D eigenvalue weighted by Gasteiger charge is 2.12. The average Bonchev–Trinajstić information content (AvgIpc) is 2.37. The lowest BCUT2D eigenvalue weighted by atomic mass is 9.81. The topological polar surface area (TPSA) is 79.7 Å². The van der Waals surface area contributed by atoms with E-state index in [-0.39, 0.29) is 12.4 Å². The first-order valence-corrected chi connectivity index (χ1v) is 5.41. The average molecular weight is 245 g/mol. The van der Waals surface area contributed by atoms with Gasteiger partial charge < -0.3 is 14.8 Å². The number of ether oxygens (including phenoxy) is 1. The molecule has 0 amide bonds. The Bertz CT molecular complexity index is 585. The lowest BCUT2D eigenvalue weighted by molar-refractivity contribution is -0.139. The molecule has 5 nitrogen and oxygen atoms in total. The summed E-state index contributed by atoms with van der Waals surface area (Å²) in [7, 11) is -0.211. The Hall–Kier alpha value is -1.92. The number of carbonyl (C=O) groups excluding carboxylic acids is 1. The van der Waals surface area contributed by atoms with Gasteiger partial charge in [-0.2, -0.15) is 0 Å². The van der Waals surface area contributed by atoms with Crippen LogP contribution < -0.4 is 5.46 Å². The van der Waals surface area contributed by atoms with E-state index in [1.807, 2.05) is 0 Å². The summed E-state index contributed by atoms with van der Waals surface area (Å²) in [5.41, 5.74) is 1.84. The molecule has 0 aliphatic rings. The Morgan fingerprint density at radius 3 is 2.83 bits per heavy atom.